The molecule has 7 nitrogen and oxygen atoms in total. The second-order valence-electron chi connectivity index (χ2n) is 11.0. The Morgan fingerprint density at radius 3 is 2.50 bits per heavy atom. The molecule has 34 heavy (non-hydrogen) atoms. The summed E-state index contributed by atoms with van der Waals surface area (Å²) in [4.78, 5) is 45.4. The molecule has 3 fully saturated rings. The van der Waals surface area contributed by atoms with E-state index in [1.807, 2.05) is 50.0 Å². The first-order chi connectivity index (χ1) is 16.2. The van der Waals surface area contributed by atoms with E-state index in [1.165, 1.54) is 6.42 Å². The Morgan fingerprint density at radius 1 is 1.09 bits per heavy atom. The lowest BCUT2D eigenvalue weighted by molar-refractivity contribution is -0.153. The quantitative estimate of drug-likeness (QED) is 0.483. The van der Waals surface area contributed by atoms with E-state index in [4.69, 9.17) is 4.74 Å². The van der Waals surface area contributed by atoms with Crippen LogP contribution >= 0.6 is 11.8 Å². The van der Waals surface area contributed by atoms with Crippen LogP contribution in [0.15, 0.2) is 24.3 Å². The zero-order chi connectivity index (χ0) is 24.3. The molecule has 0 bridgehead atoms. The summed E-state index contributed by atoms with van der Waals surface area (Å²) < 4.78 is 3.96. The van der Waals surface area contributed by atoms with Crippen molar-refractivity contribution in [3.8, 4) is 0 Å². The third kappa shape index (κ3) is 3.39. The SMILES string of the molecule is CC(C)[C@H](CO)N1C(=O)[C@@H]2[C@@H]3C(=O)OCC=C[C@]3(C)S[C@@]23C=CCN(C2CCCCC2)C(=O)C13. The number of hydrogen-bond donors (Lipinski definition) is 1. The maximum atomic E-state index is 14.4. The lowest BCUT2D eigenvalue weighted by atomic mass is 9.75. The van der Waals surface area contributed by atoms with Crippen LogP contribution in [0, 0.1) is 17.8 Å². The Balaban J connectivity index is 1.65. The monoisotopic (exact) mass is 488 g/mol. The van der Waals surface area contributed by atoms with Crippen molar-refractivity contribution in [2.45, 2.75) is 80.5 Å². The molecule has 1 spiro atoms. The molecule has 1 unspecified atom stereocenters. The number of carbonyl (C=O) groups excluding carboxylic acids is 3. The third-order valence-electron chi connectivity index (χ3n) is 8.61. The largest absolute Gasteiger partial charge is 0.461 e. The molecular weight excluding hydrogens is 452 g/mol. The number of esters is 1. The first-order valence-electron chi connectivity index (χ1n) is 12.7. The number of aliphatic hydroxyl groups is 1. The Bertz CT molecular complexity index is 928. The molecule has 1 aliphatic carbocycles. The summed E-state index contributed by atoms with van der Waals surface area (Å²) >= 11 is 1.56. The van der Waals surface area contributed by atoms with Crippen molar-refractivity contribution in [2.24, 2.45) is 17.8 Å². The highest BCUT2D eigenvalue weighted by Gasteiger charge is 2.74. The van der Waals surface area contributed by atoms with E-state index in [0.717, 1.165) is 25.7 Å². The Morgan fingerprint density at radius 2 is 1.82 bits per heavy atom. The number of ether oxygens (including phenoxy) is 1. The van der Waals surface area contributed by atoms with E-state index in [-0.39, 0.29) is 43.0 Å². The number of thioether (sulfide) groups is 1. The van der Waals surface area contributed by atoms with Crippen LogP contribution in [0.4, 0.5) is 0 Å². The lowest BCUT2D eigenvalue weighted by Gasteiger charge is -2.42. The smallest absolute Gasteiger partial charge is 0.311 e. The molecule has 4 heterocycles. The molecule has 0 aromatic rings. The molecule has 2 saturated heterocycles. The number of aliphatic hydroxyl groups excluding tert-OH is 1. The van der Waals surface area contributed by atoms with Gasteiger partial charge in [0.1, 0.15) is 12.6 Å². The topological polar surface area (TPSA) is 87.2 Å². The van der Waals surface area contributed by atoms with Gasteiger partial charge in [0.15, 0.2) is 0 Å². The predicted molar refractivity (Wildman–Crippen MR) is 130 cm³/mol. The standard InChI is InChI=1S/C26H36N2O5S/c1-16(2)18(15-29)28-21-23(31)27(17-9-5-4-6-10-17)13-7-12-26(21)19(22(28)30)20-24(32)33-14-8-11-25(20,3)34-26/h7-8,11-12,16-21,29H,4-6,9-10,13-15H2,1-3H3/t18-,19-,20+,21?,25-,26-/m0/s1. The van der Waals surface area contributed by atoms with Gasteiger partial charge < -0.3 is 19.6 Å². The van der Waals surface area contributed by atoms with Crippen molar-refractivity contribution in [1.82, 2.24) is 9.80 Å². The van der Waals surface area contributed by atoms with Crippen molar-refractivity contribution in [1.29, 1.82) is 0 Å². The van der Waals surface area contributed by atoms with E-state index in [0.29, 0.717) is 6.54 Å². The van der Waals surface area contributed by atoms with Gasteiger partial charge in [0.05, 0.1) is 29.2 Å². The van der Waals surface area contributed by atoms with Gasteiger partial charge >= 0.3 is 5.97 Å². The van der Waals surface area contributed by atoms with Gasteiger partial charge in [-0.2, -0.15) is 0 Å². The number of amides is 2. The second kappa shape index (κ2) is 8.70. The average Bonchev–Trinajstić information content (AvgIpc) is 3.06. The number of hydrogen-bond acceptors (Lipinski definition) is 6. The van der Waals surface area contributed by atoms with Gasteiger partial charge in [-0.25, -0.2) is 0 Å². The fourth-order valence-corrected chi connectivity index (χ4v) is 9.15. The number of nitrogens with zero attached hydrogens (tertiary/aromatic N) is 2. The molecule has 4 aliphatic heterocycles. The van der Waals surface area contributed by atoms with Crippen LogP contribution in [0.1, 0.15) is 52.9 Å². The molecule has 5 aliphatic rings. The molecule has 0 aromatic heterocycles. The average molecular weight is 489 g/mol. The molecule has 0 aromatic carbocycles. The van der Waals surface area contributed by atoms with Gasteiger partial charge in [-0.3, -0.25) is 14.4 Å². The molecule has 1 saturated carbocycles. The molecule has 1 N–H and O–H groups in total. The molecule has 0 radical (unpaired) electrons. The minimum Gasteiger partial charge on any atom is -0.461 e. The van der Waals surface area contributed by atoms with E-state index >= 15 is 0 Å². The summed E-state index contributed by atoms with van der Waals surface area (Å²) in [6, 6.07) is -1.07. The highest BCUT2D eigenvalue weighted by molar-refractivity contribution is 8.02. The Hall–Kier alpha value is -1.80. The van der Waals surface area contributed by atoms with Gasteiger partial charge in [-0.05, 0) is 31.8 Å². The lowest BCUT2D eigenvalue weighted by Crippen LogP contribution is -2.59. The van der Waals surface area contributed by atoms with Crippen LogP contribution in [0.3, 0.4) is 0 Å². The molecule has 5 rings (SSSR count). The number of rotatable bonds is 4. The number of cyclic esters (lactones) is 1. The van der Waals surface area contributed by atoms with Crippen LogP contribution < -0.4 is 0 Å². The number of carbonyl (C=O) groups is 3. The summed E-state index contributed by atoms with van der Waals surface area (Å²) in [5.74, 6) is -2.06. The Kier molecular flexibility index (Phi) is 6.12. The van der Waals surface area contributed by atoms with Crippen LogP contribution in [0.2, 0.25) is 0 Å². The van der Waals surface area contributed by atoms with Crippen LogP contribution in [0.5, 0.6) is 0 Å². The highest BCUT2D eigenvalue weighted by Crippen LogP contribution is 2.65. The molecule has 186 valence electrons. The first-order valence-corrected chi connectivity index (χ1v) is 13.5. The zero-order valence-corrected chi connectivity index (χ0v) is 21.1. The summed E-state index contributed by atoms with van der Waals surface area (Å²) in [7, 11) is 0. The van der Waals surface area contributed by atoms with Crippen LogP contribution in [0.25, 0.3) is 0 Å². The maximum absolute atomic E-state index is 14.4. The molecular formula is C26H36N2O5S. The Labute approximate surface area is 205 Å². The maximum Gasteiger partial charge on any atom is 0.311 e. The summed E-state index contributed by atoms with van der Waals surface area (Å²) in [5.41, 5.74) is 0. The first kappa shape index (κ1) is 23.9. The number of fused-ring (bicyclic) bond motifs is 2. The van der Waals surface area contributed by atoms with E-state index in [9.17, 15) is 19.5 Å². The van der Waals surface area contributed by atoms with Crippen molar-refractivity contribution in [3.63, 3.8) is 0 Å². The second-order valence-corrected chi connectivity index (χ2v) is 12.7. The van der Waals surface area contributed by atoms with E-state index < -0.39 is 33.4 Å². The molecule has 2 amide bonds. The van der Waals surface area contributed by atoms with Gasteiger partial charge in [-0.15, -0.1) is 11.8 Å². The summed E-state index contributed by atoms with van der Waals surface area (Å²) in [5, 5.41) is 10.3. The normalized spacial score (nSPS) is 39.0. The minimum atomic E-state index is -0.875. The third-order valence-corrected chi connectivity index (χ3v) is 10.4. The van der Waals surface area contributed by atoms with Crippen molar-refractivity contribution in [3.05, 3.63) is 24.3 Å². The van der Waals surface area contributed by atoms with E-state index in [2.05, 4.69) is 0 Å². The van der Waals surface area contributed by atoms with E-state index in [1.54, 1.807) is 16.7 Å². The molecule has 8 heteroatoms. The van der Waals surface area contributed by atoms with Crippen LogP contribution in [-0.4, -0.2) is 80.1 Å². The van der Waals surface area contributed by atoms with Crippen molar-refractivity contribution < 1.29 is 24.2 Å². The fourth-order valence-electron chi connectivity index (χ4n) is 7.01. The summed E-state index contributed by atoms with van der Waals surface area (Å²) in [6.45, 7) is 6.41. The van der Waals surface area contributed by atoms with Gasteiger partial charge in [0.2, 0.25) is 11.8 Å². The predicted octanol–water partition coefficient (Wildman–Crippen LogP) is 2.53. The summed E-state index contributed by atoms with van der Waals surface area (Å²) in [6.07, 6.45) is 13.3. The van der Waals surface area contributed by atoms with Crippen LogP contribution in [-0.2, 0) is 19.1 Å². The van der Waals surface area contributed by atoms with Gasteiger partial charge in [-0.1, -0.05) is 51.3 Å². The number of likely N-dealkylation sites (tertiary alicyclic amines) is 1. The van der Waals surface area contributed by atoms with Gasteiger partial charge in [0, 0.05) is 17.3 Å². The zero-order valence-electron chi connectivity index (χ0n) is 20.3. The fraction of sp³-hybridized carbons (Fsp3) is 0.731. The van der Waals surface area contributed by atoms with Crippen molar-refractivity contribution in [2.75, 3.05) is 19.8 Å². The van der Waals surface area contributed by atoms with Gasteiger partial charge in [0.25, 0.3) is 0 Å². The van der Waals surface area contributed by atoms with Crippen molar-refractivity contribution >= 4 is 29.5 Å². The molecule has 6 atom stereocenters. The highest BCUT2D eigenvalue weighted by atomic mass is 32.2. The minimum absolute atomic E-state index is 0.0367.